The number of hydrogen-bond acceptors (Lipinski definition) is 4. The Hall–Kier alpha value is -0.610. The first-order valence-electron chi connectivity index (χ1n) is 6.23. The number of aliphatic hydroxyl groups is 1. The molecule has 1 rings (SSSR count). The van der Waals surface area contributed by atoms with Crippen molar-refractivity contribution in [1.29, 1.82) is 0 Å². The van der Waals surface area contributed by atoms with Crippen molar-refractivity contribution < 1.29 is 14.6 Å². The van der Waals surface area contributed by atoms with E-state index in [2.05, 4.69) is 10.1 Å². The Morgan fingerprint density at radius 2 is 1.65 bits per heavy atom. The molecule has 0 unspecified atom stereocenters. The van der Waals surface area contributed by atoms with Crippen LogP contribution in [0.2, 0.25) is 0 Å². The summed E-state index contributed by atoms with van der Waals surface area (Å²) >= 11 is 0. The first-order chi connectivity index (χ1) is 7.99. The lowest BCUT2D eigenvalue weighted by atomic mass is 9.94. The third kappa shape index (κ3) is 21.3. The van der Waals surface area contributed by atoms with Crippen molar-refractivity contribution >= 4 is 6.47 Å². The lowest BCUT2D eigenvalue weighted by Gasteiger charge is -2.23. The van der Waals surface area contributed by atoms with Crippen molar-refractivity contribution in [2.24, 2.45) is 0 Å². The van der Waals surface area contributed by atoms with Crippen molar-refractivity contribution in [3.8, 4) is 0 Å². The van der Waals surface area contributed by atoms with Gasteiger partial charge in [0.15, 0.2) is 0 Å². The Balaban J connectivity index is -0.000000179. The largest absolute Gasteiger partial charge is 0.462 e. The maximum atomic E-state index is 9.60. The quantitative estimate of drug-likeness (QED) is 0.738. The number of nitrogens with one attached hydrogen (secondary N) is 1. The maximum absolute atomic E-state index is 9.60. The van der Waals surface area contributed by atoms with Crippen molar-refractivity contribution in [2.75, 3.05) is 14.2 Å². The zero-order chi connectivity index (χ0) is 14.3. The highest BCUT2D eigenvalue weighted by Gasteiger charge is 2.13. The van der Waals surface area contributed by atoms with Crippen LogP contribution < -0.4 is 5.32 Å². The van der Waals surface area contributed by atoms with Gasteiger partial charge in [0.25, 0.3) is 6.47 Å². The molecule has 0 saturated heterocycles. The molecule has 4 heteroatoms. The van der Waals surface area contributed by atoms with Crippen LogP contribution in [0.25, 0.3) is 0 Å². The average Bonchev–Trinajstić information content (AvgIpc) is 2.21. The zero-order valence-corrected chi connectivity index (χ0v) is 12.5. The lowest BCUT2D eigenvalue weighted by Crippen LogP contribution is -2.31. The summed E-state index contributed by atoms with van der Waals surface area (Å²) in [5.41, 5.74) is -0.318. The van der Waals surface area contributed by atoms with E-state index in [4.69, 9.17) is 5.11 Å². The molecule has 0 spiro atoms. The molecule has 17 heavy (non-hydrogen) atoms. The molecule has 4 nitrogen and oxygen atoms in total. The van der Waals surface area contributed by atoms with E-state index in [0.29, 0.717) is 6.47 Å². The van der Waals surface area contributed by atoms with Gasteiger partial charge in [0.2, 0.25) is 0 Å². The van der Waals surface area contributed by atoms with Gasteiger partial charge < -0.3 is 15.2 Å². The molecule has 0 atom stereocenters. The normalized spacial score (nSPS) is 13.4. The SMILES string of the molecule is CC.CC(C)(C)OC=O.CNC1CCC1.CO. The monoisotopic (exact) mass is 249 g/mol. The summed E-state index contributed by atoms with van der Waals surface area (Å²) in [5.74, 6) is 0. The summed E-state index contributed by atoms with van der Waals surface area (Å²) in [4.78, 5) is 9.60. The maximum Gasteiger partial charge on any atom is 0.293 e. The Bertz CT molecular complexity index is 137. The summed E-state index contributed by atoms with van der Waals surface area (Å²) in [6.45, 7) is 9.92. The molecule has 106 valence electrons. The minimum atomic E-state index is -0.318. The van der Waals surface area contributed by atoms with Gasteiger partial charge in [-0.2, -0.15) is 0 Å². The summed E-state index contributed by atoms with van der Waals surface area (Å²) in [6, 6.07) is 0.866. The van der Waals surface area contributed by atoms with Gasteiger partial charge in [-0.15, -0.1) is 0 Å². The molecular formula is C13H31NO3. The molecule has 0 aromatic carbocycles. The zero-order valence-electron chi connectivity index (χ0n) is 12.5. The van der Waals surface area contributed by atoms with Crippen LogP contribution in [-0.4, -0.2) is 37.4 Å². The number of carbonyl (C=O) groups is 1. The number of ether oxygens (including phenoxy) is 1. The van der Waals surface area contributed by atoms with Gasteiger partial charge in [-0.05, 0) is 40.7 Å². The predicted molar refractivity (Wildman–Crippen MR) is 73.1 cm³/mol. The fourth-order valence-corrected chi connectivity index (χ4v) is 0.841. The summed E-state index contributed by atoms with van der Waals surface area (Å²) in [7, 11) is 3.03. The third-order valence-corrected chi connectivity index (χ3v) is 1.92. The van der Waals surface area contributed by atoms with Gasteiger partial charge >= 0.3 is 0 Å². The average molecular weight is 249 g/mol. The van der Waals surface area contributed by atoms with Crippen LogP contribution in [0.5, 0.6) is 0 Å². The first-order valence-corrected chi connectivity index (χ1v) is 6.23. The van der Waals surface area contributed by atoms with E-state index in [0.717, 1.165) is 13.2 Å². The standard InChI is InChI=1S/C5H11N.C5H10O2.C2H6.CH4O/c1-6-5-3-2-4-5;1-5(2,3)7-4-6;2*1-2/h5-6H,2-4H2,1H3;4H,1-3H3;1-2H3;2H,1H3. The van der Waals surface area contributed by atoms with Gasteiger partial charge in [-0.3, -0.25) is 4.79 Å². The second-order valence-electron chi connectivity index (χ2n) is 4.24. The highest BCUT2D eigenvalue weighted by Crippen LogP contribution is 2.16. The van der Waals surface area contributed by atoms with Crippen LogP contribution in [0.3, 0.4) is 0 Å². The minimum absolute atomic E-state index is 0.318. The fourth-order valence-electron chi connectivity index (χ4n) is 0.841. The molecule has 1 aliphatic rings. The number of aliphatic hydroxyl groups excluding tert-OH is 1. The van der Waals surface area contributed by atoms with E-state index in [9.17, 15) is 4.79 Å². The first kappa shape index (κ1) is 21.7. The molecular weight excluding hydrogens is 218 g/mol. The van der Waals surface area contributed by atoms with Gasteiger partial charge in [0.1, 0.15) is 5.60 Å². The van der Waals surface area contributed by atoms with Crippen LogP contribution in [-0.2, 0) is 9.53 Å². The van der Waals surface area contributed by atoms with Crippen LogP contribution in [0.1, 0.15) is 53.9 Å². The van der Waals surface area contributed by atoms with Crippen LogP contribution >= 0.6 is 0 Å². The molecule has 0 aliphatic heterocycles. The van der Waals surface area contributed by atoms with E-state index >= 15 is 0 Å². The summed E-state index contributed by atoms with van der Waals surface area (Å²) < 4.78 is 4.55. The van der Waals surface area contributed by atoms with Crippen molar-refractivity contribution in [2.45, 2.75) is 65.5 Å². The van der Waals surface area contributed by atoms with Crippen LogP contribution in [0.15, 0.2) is 0 Å². The molecule has 0 bridgehead atoms. The van der Waals surface area contributed by atoms with E-state index in [-0.39, 0.29) is 5.60 Å². The molecule has 0 amide bonds. The Morgan fingerprint density at radius 1 is 1.24 bits per heavy atom. The van der Waals surface area contributed by atoms with E-state index in [1.54, 1.807) is 0 Å². The van der Waals surface area contributed by atoms with Crippen LogP contribution in [0, 0.1) is 0 Å². The number of carbonyl (C=O) groups excluding carboxylic acids is 1. The number of hydrogen-bond donors (Lipinski definition) is 2. The van der Waals surface area contributed by atoms with Gasteiger partial charge in [0, 0.05) is 13.2 Å². The van der Waals surface area contributed by atoms with E-state index < -0.39 is 0 Å². The lowest BCUT2D eigenvalue weighted by molar-refractivity contribution is -0.138. The van der Waals surface area contributed by atoms with Crippen LogP contribution in [0.4, 0.5) is 0 Å². The summed E-state index contributed by atoms with van der Waals surface area (Å²) in [6.07, 6.45) is 4.23. The predicted octanol–water partition coefficient (Wildman–Crippen LogP) is 2.35. The molecule has 0 radical (unpaired) electrons. The molecule has 0 aromatic rings. The fraction of sp³-hybridized carbons (Fsp3) is 0.923. The van der Waals surface area contributed by atoms with Gasteiger partial charge in [-0.1, -0.05) is 20.3 Å². The van der Waals surface area contributed by atoms with Gasteiger partial charge in [-0.25, -0.2) is 0 Å². The molecule has 0 heterocycles. The summed E-state index contributed by atoms with van der Waals surface area (Å²) in [5, 5.41) is 10.2. The highest BCUT2D eigenvalue weighted by molar-refractivity contribution is 5.37. The second kappa shape index (κ2) is 15.4. The molecule has 1 fully saturated rings. The topological polar surface area (TPSA) is 58.6 Å². The van der Waals surface area contributed by atoms with E-state index in [1.165, 1.54) is 19.3 Å². The van der Waals surface area contributed by atoms with Gasteiger partial charge in [0.05, 0.1) is 0 Å². The minimum Gasteiger partial charge on any atom is -0.462 e. The Kier molecular flexibility index (Phi) is 19.6. The van der Waals surface area contributed by atoms with Crippen molar-refractivity contribution in [1.82, 2.24) is 5.32 Å². The Labute approximate surface area is 107 Å². The smallest absolute Gasteiger partial charge is 0.293 e. The molecule has 2 N–H and O–H groups in total. The Morgan fingerprint density at radius 3 is 1.65 bits per heavy atom. The van der Waals surface area contributed by atoms with Crippen molar-refractivity contribution in [3.05, 3.63) is 0 Å². The third-order valence-electron chi connectivity index (χ3n) is 1.92. The molecule has 1 aliphatic carbocycles. The molecule has 0 aromatic heterocycles. The number of rotatable bonds is 2. The highest BCUT2D eigenvalue weighted by atomic mass is 16.5. The van der Waals surface area contributed by atoms with E-state index in [1.807, 2.05) is 41.7 Å². The van der Waals surface area contributed by atoms with Crippen molar-refractivity contribution in [3.63, 3.8) is 0 Å². The molecule has 1 saturated carbocycles. The second-order valence-corrected chi connectivity index (χ2v) is 4.24.